The van der Waals surface area contributed by atoms with Crippen LogP contribution in [0.5, 0.6) is 0 Å². The lowest BCUT2D eigenvalue weighted by Crippen LogP contribution is -2.40. The molecule has 23 heavy (non-hydrogen) atoms. The molecule has 3 aromatic carbocycles. The zero-order chi connectivity index (χ0) is 16.0. The van der Waals surface area contributed by atoms with Crippen molar-refractivity contribution >= 4 is 27.4 Å². The number of rotatable bonds is 6. The molecule has 0 radical (unpaired) electrons. The summed E-state index contributed by atoms with van der Waals surface area (Å²) in [7, 11) is 1.51. The van der Waals surface area contributed by atoms with Crippen molar-refractivity contribution in [2.45, 2.75) is 11.5 Å². The molecule has 0 unspecified atom stereocenters. The van der Waals surface area contributed by atoms with Crippen molar-refractivity contribution in [2.24, 2.45) is 0 Å². The molecule has 0 heterocycles. The van der Waals surface area contributed by atoms with Crippen LogP contribution in [0.1, 0.15) is 16.7 Å². The van der Waals surface area contributed by atoms with Crippen molar-refractivity contribution < 1.29 is 0 Å². The van der Waals surface area contributed by atoms with Gasteiger partial charge in [0.05, 0.1) is 0 Å². The maximum atomic E-state index is 2.36. The van der Waals surface area contributed by atoms with Crippen LogP contribution in [0.3, 0.4) is 0 Å². The van der Waals surface area contributed by atoms with E-state index in [2.05, 4.69) is 91.0 Å². The third kappa shape index (κ3) is 3.63. The van der Waals surface area contributed by atoms with Crippen LogP contribution in [0.4, 0.5) is 0 Å². The van der Waals surface area contributed by atoms with Gasteiger partial charge in [0.1, 0.15) is 0 Å². The molecule has 0 aromatic heterocycles. The van der Waals surface area contributed by atoms with E-state index < -0.39 is 0 Å². The van der Waals surface area contributed by atoms with Gasteiger partial charge < -0.3 is 0 Å². The van der Waals surface area contributed by atoms with Crippen molar-refractivity contribution in [3.8, 4) is 0 Å². The molecule has 3 rings (SSSR count). The van der Waals surface area contributed by atoms with Gasteiger partial charge in [0.2, 0.25) is 0 Å². The summed E-state index contributed by atoms with van der Waals surface area (Å²) in [5.74, 6) is 0. The first-order chi connectivity index (χ1) is 11.3. The quantitative estimate of drug-likeness (QED) is 0.595. The van der Waals surface area contributed by atoms with Crippen LogP contribution in [0.2, 0.25) is 0 Å². The first kappa shape index (κ1) is 16.2. The Morgan fingerprint density at radius 2 is 1.09 bits per heavy atom. The molecular formula is C20H24Si3. The maximum Gasteiger partial charge on any atom is 0.0236 e. The van der Waals surface area contributed by atoms with Gasteiger partial charge in [-0.2, -0.15) is 0 Å². The van der Waals surface area contributed by atoms with E-state index >= 15 is 0 Å². The van der Waals surface area contributed by atoms with Crippen molar-refractivity contribution in [3.63, 3.8) is 0 Å². The molecule has 0 amide bonds. The molecule has 0 bridgehead atoms. The summed E-state index contributed by atoms with van der Waals surface area (Å²) >= 11 is 0. The Balaban J connectivity index is 2.14. The van der Waals surface area contributed by atoms with Crippen LogP contribution >= 0.6 is 0 Å². The summed E-state index contributed by atoms with van der Waals surface area (Å²) in [6.07, 6.45) is 1.16. The molecule has 0 aliphatic heterocycles. The summed E-state index contributed by atoms with van der Waals surface area (Å²) in [4.78, 5) is 0. The van der Waals surface area contributed by atoms with Gasteiger partial charge in [-0.3, -0.25) is 0 Å². The Morgan fingerprint density at radius 1 is 0.652 bits per heavy atom. The van der Waals surface area contributed by atoms with Gasteiger partial charge in [-0.15, -0.1) is 0 Å². The smallest absolute Gasteiger partial charge is 0.0236 e. The highest BCUT2D eigenvalue weighted by atomic mass is 29.5. The Bertz CT molecular complexity index is 672. The second-order valence-corrected chi connectivity index (χ2v) is 22.4. The van der Waals surface area contributed by atoms with E-state index in [-0.39, 0.29) is 22.6 Å². The molecule has 0 saturated carbocycles. The first-order valence-electron chi connectivity index (χ1n) is 8.50. The summed E-state index contributed by atoms with van der Waals surface area (Å²) in [5.41, 5.74) is 4.53. The number of benzene rings is 3. The van der Waals surface area contributed by atoms with Crippen molar-refractivity contribution in [1.29, 1.82) is 0 Å². The van der Waals surface area contributed by atoms with E-state index in [1.165, 1.54) is 26.5 Å². The first-order valence-corrected chi connectivity index (χ1v) is 18.9. The van der Waals surface area contributed by atoms with Gasteiger partial charge in [-0.25, -0.2) is 0 Å². The molecular weight excluding hydrogens is 324 g/mol. The van der Waals surface area contributed by atoms with Gasteiger partial charge in [0.25, 0.3) is 0 Å². The minimum absolute atomic E-state index is 0.111. The van der Waals surface area contributed by atoms with Crippen molar-refractivity contribution in [2.75, 3.05) is 0 Å². The van der Waals surface area contributed by atoms with E-state index in [4.69, 9.17) is 0 Å². The zero-order valence-corrected chi connectivity index (χ0v) is 18.6. The molecule has 3 aromatic rings. The SMILES string of the molecule is [SiH3][SiH2][SiH2]C(Cc1ccccc1)(c1ccccc1)c1ccccc1. The normalized spacial score (nSPS) is 12.5. The summed E-state index contributed by atoms with van der Waals surface area (Å²) < 4.78 is 0. The highest BCUT2D eigenvalue weighted by Crippen LogP contribution is 2.34. The Labute approximate surface area is 146 Å². The van der Waals surface area contributed by atoms with Crippen LogP contribution in [-0.4, -0.2) is 27.4 Å². The molecule has 0 N–H and O–H groups in total. The molecule has 3 heteroatoms. The van der Waals surface area contributed by atoms with Crippen molar-refractivity contribution in [1.82, 2.24) is 0 Å². The molecule has 116 valence electrons. The minimum atomic E-state index is -0.111. The monoisotopic (exact) mass is 348 g/mol. The predicted octanol–water partition coefficient (Wildman–Crippen LogP) is 1.71. The maximum absolute atomic E-state index is 2.36. The molecule has 0 spiro atoms. The van der Waals surface area contributed by atoms with Crippen LogP contribution < -0.4 is 0 Å². The van der Waals surface area contributed by atoms with Crippen LogP contribution in [0.25, 0.3) is 0 Å². The molecule has 0 aliphatic rings. The highest BCUT2D eigenvalue weighted by Gasteiger charge is 2.33. The molecule has 0 fully saturated rings. The summed E-state index contributed by atoms with van der Waals surface area (Å²) in [6, 6.07) is 33.6. The second-order valence-electron chi connectivity index (χ2n) is 6.23. The fraction of sp³-hybridized carbons (Fsp3) is 0.100. The third-order valence-corrected chi connectivity index (χ3v) is 15.7. The van der Waals surface area contributed by atoms with Gasteiger partial charge in [0, 0.05) is 14.1 Å². The zero-order valence-electron chi connectivity index (χ0n) is 13.8. The lowest BCUT2D eigenvalue weighted by Gasteiger charge is -2.35. The van der Waals surface area contributed by atoms with E-state index in [0.717, 1.165) is 6.42 Å². The predicted molar refractivity (Wildman–Crippen MR) is 111 cm³/mol. The fourth-order valence-electron chi connectivity index (χ4n) is 3.63. The van der Waals surface area contributed by atoms with Gasteiger partial charge >= 0.3 is 0 Å². The largest absolute Gasteiger partial charge is 0.0622 e. The van der Waals surface area contributed by atoms with Crippen LogP contribution in [0.15, 0.2) is 91.0 Å². The fourth-order valence-corrected chi connectivity index (χ4v) is 18.5. The van der Waals surface area contributed by atoms with Crippen LogP contribution in [0, 0.1) is 0 Å². The highest BCUT2D eigenvalue weighted by molar-refractivity contribution is 7.24. The van der Waals surface area contributed by atoms with E-state index in [1.54, 1.807) is 0 Å². The Morgan fingerprint density at radius 3 is 1.52 bits per heavy atom. The van der Waals surface area contributed by atoms with Gasteiger partial charge in [-0.05, 0) is 41.4 Å². The molecule has 0 aliphatic carbocycles. The Kier molecular flexibility index (Phi) is 5.43. The van der Waals surface area contributed by atoms with E-state index in [0.29, 0.717) is 0 Å². The number of hydrogen-bond donors (Lipinski definition) is 0. The van der Waals surface area contributed by atoms with Gasteiger partial charge in [-0.1, -0.05) is 91.0 Å². The summed E-state index contributed by atoms with van der Waals surface area (Å²) in [5, 5.41) is 0.276. The average Bonchev–Trinajstić information content (AvgIpc) is 2.64. The van der Waals surface area contributed by atoms with Crippen molar-refractivity contribution in [3.05, 3.63) is 108 Å². The lowest BCUT2D eigenvalue weighted by molar-refractivity contribution is 0.715. The lowest BCUT2D eigenvalue weighted by atomic mass is 9.84. The van der Waals surface area contributed by atoms with E-state index in [9.17, 15) is 0 Å². The number of hydrogen-bond acceptors (Lipinski definition) is 0. The third-order valence-electron chi connectivity index (χ3n) is 4.68. The van der Waals surface area contributed by atoms with E-state index in [1.807, 2.05) is 0 Å². The second kappa shape index (κ2) is 7.73. The Hall–Kier alpha value is -1.69. The van der Waals surface area contributed by atoms with Crippen LogP contribution in [-0.2, 0) is 11.5 Å². The summed E-state index contributed by atoms with van der Waals surface area (Å²) in [6.45, 7) is 0. The van der Waals surface area contributed by atoms with Gasteiger partial charge in [0.15, 0.2) is 0 Å². The molecule has 0 atom stereocenters. The topological polar surface area (TPSA) is 0 Å². The molecule has 0 nitrogen and oxygen atoms in total. The molecule has 0 saturated heterocycles. The standard InChI is InChI=1S/C20H24Si3/c21-23-22-20(18-12-6-2-7-13-18,19-14-8-3-9-15-19)16-17-10-4-1-5-11-17/h1-15H,16,22-23H2,21H3. The average molecular weight is 349 g/mol. The minimum Gasteiger partial charge on any atom is -0.0622 e.